The molecule has 0 aliphatic heterocycles. The van der Waals surface area contributed by atoms with E-state index < -0.39 is 5.97 Å². The summed E-state index contributed by atoms with van der Waals surface area (Å²) in [7, 11) is 0. The zero-order valence-corrected chi connectivity index (χ0v) is 18.6. The van der Waals surface area contributed by atoms with Crippen molar-refractivity contribution in [3.05, 3.63) is 106 Å². The number of nitrogens with one attached hydrogen (secondary N) is 1. The number of aromatic carboxylic acids is 1. The predicted octanol–water partition coefficient (Wildman–Crippen LogP) is 5.54. The highest BCUT2D eigenvalue weighted by atomic mass is 16.4. The van der Waals surface area contributed by atoms with Crippen molar-refractivity contribution < 1.29 is 9.90 Å². The maximum Gasteiger partial charge on any atom is 0.337 e. The molecule has 0 aliphatic rings. The monoisotopic (exact) mass is 439 g/mol. The molecule has 0 saturated heterocycles. The van der Waals surface area contributed by atoms with Crippen molar-refractivity contribution >= 4 is 17.9 Å². The maximum atomic E-state index is 13.0. The quantitative estimate of drug-likeness (QED) is 0.371. The summed E-state index contributed by atoms with van der Waals surface area (Å²) in [6, 6.07) is 22.8. The first-order valence-corrected chi connectivity index (χ1v) is 10.9. The summed E-state index contributed by atoms with van der Waals surface area (Å²) in [5.74, 6) is -1.06. The molecule has 33 heavy (non-hydrogen) atoms. The van der Waals surface area contributed by atoms with Crippen LogP contribution in [0.1, 0.15) is 40.5 Å². The number of rotatable bonds is 7. The molecule has 1 heterocycles. The van der Waals surface area contributed by atoms with E-state index in [1.54, 1.807) is 25.1 Å². The number of H-pyrrole nitrogens is 1. The lowest BCUT2D eigenvalue weighted by molar-refractivity contribution is 0.0698. The largest absolute Gasteiger partial charge is 0.478 e. The van der Waals surface area contributed by atoms with Crippen molar-refractivity contribution in [3.63, 3.8) is 0 Å². The molecular weight excluding hydrogens is 414 g/mol. The van der Waals surface area contributed by atoms with Crippen molar-refractivity contribution in [3.8, 4) is 16.8 Å². The Balaban J connectivity index is 1.60. The molecule has 0 amide bonds. The summed E-state index contributed by atoms with van der Waals surface area (Å²) in [6.07, 6.45) is 3.61. The van der Waals surface area contributed by atoms with Crippen LogP contribution in [-0.2, 0) is 6.42 Å². The fourth-order valence-electron chi connectivity index (χ4n) is 3.75. The Bertz CT molecular complexity index is 1360. The number of carbonyl (C=O) groups is 1. The van der Waals surface area contributed by atoms with Crippen LogP contribution < -0.4 is 5.56 Å². The zero-order chi connectivity index (χ0) is 23.4. The van der Waals surface area contributed by atoms with Gasteiger partial charge in [0.15, 0.2) is 0 Å². The first-order chi connectivity index (χ1) is 16.0. The number of carboxylic acid groups (broad SMARTS) is 1. The molecule has 0 saturated carbocycles. The molecule has 0 fully saturated rings. The number of nitrogens with zero attached hydrogens (tertiary/aromatic N) is 2. The van der Waals surface area contributed by atoms with Crippen molar-refractivity contribution in [2.75, 3.05) is 0 Å². The Kier molecular flexibility index (Phi) is 6.36. The smallest absolute Gasteiger partial charge is 0.337 e. The number of aryl methyl sites for hydroxylation is 2. The molecule has 0 bridgehead atoms. The van der Waals surface area contributed by atoms with Gasteiger partial charge in [0.1, 0.15) is 0 Å². The van der Waals surface area contributed by atoms with Gasteiger partial charge in [-0.15, -0.1) is 0 Å². The van der Waals surface area contributed by atoms with E-state index in [1.165, 1.54) is 22.5 Å². The zero-order valence-electron chi connectivity index (χ0n) is 18.6. The first-order valence-electron chi connectivity index (χ1n) is 10.9. The lowest BCUT2D eigenvalue weighted by Gasteiger charge is -2.06. The van der Waals surface area contributed by atoms with Gasteiger partial charge in [0, 0.05) is 11.9 Å². The summed E-state index contributed by atoms with van der Waals surface area (Å²) in [5.41, 5.74) is 5.39. The molecule has 2 N–H and O–H groups in total. The molecule has 3 aromatic carbocycles. The average Bonchev–Trinajstić information content (AvgIpc) is 3.12. The van der Waals surface area contributed by atoms with Gasteiger partial charge in [0.2, 0.25) is 0 Å². The Morgan fingerprint density at radius 1 is 1.00 bits per heavy atom. The number of carboxylic acids is 1. The highest BCUT2D eigenvalue weighted by Gasteiger charge is 2.12. The average molecular weight is 440 g/mol. The van der Waals surface area contributed by atoms with Crippen molar-refractivity contribution in [2.45, 2.75) is 26.7 Å². The number of hydrogen-bond acceptors (Lipinski definition) is 3. The van der Waals surface area contributed by atoms with E-state index in [9.17, 15) is 14.7 Å². The van der Waals surface area contributed by atoms with Crippen LogP contribution in [-0.4, -0.2) is 27.1 Å². The van der Waals surface area contributed by atoms with Gasteiger partial charge >= 0.3 is 5.97 Å². The van der Waals surface area contributed by atoms with Crippen LogP contribution in [0.25, 0.3) is 16.8 Å². The standard InChI is InChI=1S/C27H25N3O3/c1-3-6-19-9-11-20(12-10-19)21-13-15-22(16-14-21)30-26(31)24(18(2)29-30)17-28-25-8-5-4-7-23(25)27(32)33/h4-5,7-17,29H,3,6H2,1-2H3,(H,32,33). The van der Waals surface area contributed by atoms with Crippen LogP contribution >= 0.6 is 0 Å². The van der Waals surface area contributed by atoms with E-state index in [0.29, 0.717) is 22.6 Å². The topological polar surface area (TPSA) is 87.4 Å². The molecule has 6 heteroatoms. The number of para-hydroxylation sites is 1. The van der Waals surface area contributed by atoms with E-state index in [2.05, 4.69) is 41.3 Å². The highest BCUT2D eigenvalue weighted by molar-refractivity contribution is 5.95. The normalized spacial score (nSPS) is 11.2. The Labute approximate surface area is 191 Å². The van der Waals surface area contributed by atoms with Crippen LogP contribution in [0, 0.1) is 6.92 Å². The Hall–Kier alpha value is -4.19. The lowest BCUT2D eigenvalue weighted by Crippen LogP contribution is -2.17. The van der Waals surface area contributed by atoms with Gasteiger partial charge in [-0.05, 0) is 54.3 Å². The lowest BCUT2D eigenvalue weighted by atomic mass is 10.0. The van der Waals surface area contributed by atoms with Gasteiger partial charge in [0.05, 0.1) is 22.5 Å². The third-order valence-electron chi connectivity index (χ3n) is 5.54. The predicted molar refractivity (Wildman–Crippen MR) is 131 cm³/mol. The van der Waals surface area contributed by atoms with Gasteiger partial charge in [-0.3, -0.25) is 14.9 Å². The summed E-state index contributed by atoms with van der Waals surface area (Å²) in [5, 5.41) is 12.4. The number of hydrogen-bond donors (Lipinski definition) is 2. The third kappa shape index (κ3) is 4.70. The van der Waals surface area contributed by atoms with E-state index >= 15 is 0 Å². The van der Waals surface area contributed by atoms with Crippen LogP contribution in [0.15, 0.2) is 82.6 Å². The van der Waals surface area contributed by atoms with E-state index in [-0.39, 0.29) is 11.1 Å². The second-order valence-electron chi connectivity index (χ2n) is 7.87. The molecule has 0 radical (unpaired) electrons. The molecule has 4 rings (SSSR count). The second kappa shape index (κ2) is 9.53. The maximum absolute atomic E-state index is 13.0. The van der Waals surface area contributed by atoms with Gasteiger partial charge in [0.25, 0.3) is 5.56 Å². The summed E-state index contributed by atoms with van der Waals surface area (Å²) in [6.45, 7) is 3.96. The van der Waals surface area contributed by atoms with E-state index in [1.807, 2.05) is 24.3 Å². The van der Waals surface area contributed by atoms with Crippen LogP contribution in [0.2, 0.25) is 0 Å². The van der Waals surface area contributed by atoms with Crippen LogP contribution in [0.5, 0.6) is 0 Å². The number of benzene rings is 3. The molecular formula is C27H25N3O3. The van der Waals surface area contributed by atoms with Crippen molar-refractivity contribution in [2.24, 2.45) is 4.99 Å². The fraction of sp³-hybridized carbons (Fsp3) is 0.148. The summed E-state index contributed by atoms with van der Waals surface area (Å²) >= 11 is 0. The first kappa shape index (κ1) is 22.0. The number of aromatic amines is 1. The molecule has 0 unspecified atom stereocenters. The minimum absolute atomic E-state index is 0.0839. The third-order valence-corrected chi connectivity index (χ3v) is 5.54. The minimum atomic E-state index is -1.06. The van der Waals surface area contributed by atoms with Crippen molar-refractivity contribution in [1.29, 1.82) is 0 Å². The summed E-state index contributed by atoms with van der Waals surface area (Å²) < 4.78 is 1.47. The Morgan fingerprint density at radius 3 is 2.27 bits per heavy atom. The van der Waals surface area contributed by atoms with Gasteiger partial charge < -0.3 is 5.11 Å². The molecule has 0 aliphatic carbocycles. The SMILES string of the molecule is CCCc1ccc(-c2ccc(-n3[nH]c(C)c(C=Nc4ccccc4C(=O)O)c3=O)cc2)cc1. The minimum Gasteiger partial charge on any atom is -0.478 e. The molecule has 166 valence electrons. The molecule has 4 aromatic rings. The molecule has 6 nitrogen and oxygen atoms in total. The molecule has 1 aromatic heterocycles. The summed E-state index contributed by atoms with van der Waals surface area (Å²) in [4.78, 5) is 28.7. The highest BCUT2D eigenvalue weighted by Crippen LogP contribution is 2.22. The van der Waals surface area contributed by atoms with Gasteiger partial charge in [-0.25, -0.2) is 9.48 Å². The molecule has 0 spiro atoms. The second-order valence-corrected chi connectivity index (χ2v) is 7.87. The van der Waals surface area contributed by atoms with Crippen molar-refractivity contribution in [1.82, 2.24) is 9.78 Å². The van der Waals surface area contributed by atoms with E-state index in [4.69, 9.17) is 0 Å². The Morgan fingerprint density at radius 2 is 1.64 bits per heavy atom. The number of aromatic nitrogens is 2. The van der Waals surface area contributed by atoms with Gasteiger partial charge in [-0.1, -0.05) is 61.9 Å². The van der Waals surface area contributed by atoms with Crippen LogP contribution in [0.3, 0.4) is 0 Å². The van der Waals surface area contributed by atoms with Crippen LogP contribution in [0.4, 0.5) is 5.69 Å². The number of aliphatic imine (C=N–C) groups is 1. The molecule has 0 atom stereocenters. The fourth-order valence-corrected chi connectivity index (χ4v) is 3.75. The van der Waals surface area contributed by atoms with Gasteiger partial charge in [-0.2, -0.15) is 0 Å². The van der Waals surface area contributed by atoms with E-state index in [0.717, 1.165) is 24.0 Å².